The number of benzene rings is 1. The van der Waals surface area contributed by atoms with Gasteiger partial charge in [0.05, 0.1) is 11.5 Å². The SMILES string of the molecule is CCOc1ccc(S(=O)(=O)NCCC(=O)N2CCC(CCNC)CC2)cc1. The minimum absolute atomic E-state index is 0.0106. The molecule has 0 bridgehead atoms. The molecule has 2 rings (SSSR count). The van der Waals surface area contributed by atoms with Gasteiger partial charge in [0.25, 0.3) is 0 Å². The highest BCUT2D eigenvalue weighted by molar-refractivity contribution is 7.89. The van der Waals surface area contributed by atoms with Crippen LogP contribution in [-0.4, -0.2) is 59.1 Å². The van der Waals surface area contributed by atoms with Gasteiger partial charge in [-0.3, -0.25) is 4.79 Å². The molecule has 2 N–H and O–H groups in total. The lowest BCUT2D eigenvalue weighted by Crippen LogP contribution is -2.40. The number of hydrogen-bond donors (Lipinski definition) is 2. The molecule has 1 fully saturated rings. The molecule has 152 valence electrons. The maximum Gasteiger partial charge on any atom is 0.240 e. The van der Waals surface area contributed by atoms with Crippen molar-refractivity contribution in [3.63, 3.8) is 0 Å². The van der Waals surface area contributed by atoms with Crippen molar-refractivity contribution in [3.8, 4) is 5.75 Å². The number of carbonyl (C=O) groups excluding carboxylic acids is 1. The lowest BCUT2D eigenvalue weighted by molar-refractivity contribution is -0.132. The summed E-state index contributed by atoms with van der Waals surface area (Å²) in [7, 11) is -1.67. The molecule has 0 aromatic heterocycles. The summed E-state index contributed by atoms with van der Waals surface area (Å²) in [6, 6.07) is 6.26. The quantitative estimate of drug-likeness (QED) is 0.626. The lowest BCUT2D eigenvalue weighted by Gasteiger charge is -2.32. The summed E-state index contributed by atoms with van der Waals surface area (Å²) < 4.78 is 32.5. The average Bonchev–Trinajstić information content (AvgIpc) is 2.67. The zero-order valence-corrected chi connectivity index (χ0v) is 17.1. The Balaban J connectivity index is 1.75. The van der Waals surface area contributed by atoms with Gasteiger partial charge in [0.2, 0.25) is 15.9 Å². The van der Waals surface area contributed by atoms with Crippen LogP contribution < -0.4 is 14.8 Å². The first-order valence-electron chi connectivity index (χ1n) is 9.61. The van der Waals surface area contributed by atoms with Crippen molar-refractivity contribution in [2.45, 2.75) is 37.5 Å². The molecule has 0 radical (unpaired) electrons. The average molecular weight is 398 g/mol. The molecule has 1 aromatic carbocycles. The predicted molar refractivity (Wildman–Crippen MR) is 105 cm³/mol. The molecule has 1 aromatic rings. The molecule has 1 heterocycles. The Kier molecular flexibility index (Phi) is 8.53. The van der Waals surface area contributed by atoms with Crippen LogP contribution in [0.25, 0.3) is 0 Å². The number of rotatable bonds is 10. The molecule has 0 unspecified atom stereocenters. The summed E-state index contributed by atoms with van der Waals surface area (Å²) in [5.41, 5.74) is 0. The number of likely N-dealkylation sites (tertiary alicyclic amines) is 1. The van der Waals surface area contributed by atoms with Gasteiger partial charge in [0, 0.05) is 26.1 Å². The van der Waals surface area contributed by atoms with Gasteiger partial charge in [-0.15, -0.1) is 0 Å². The molecular formula is C19H31N3O4S. The van der Waals surface area contributed by atoms with E-state index in [-0.39, 0.29) is 23.8 Å². The highest BCUT2D eigenvalue weighted by Crippen LogP contribution is 2.20. The van der Waals surface area contributed by atoms with E-state index in [1.54, 1.807) is 12.1 Å². The topological polar surface area (TPSA) is 87.7 Å². The van der Waals surface area contributed by atoms with Gasteiger partial charge in [0.15, 0.2) is 0 Å². The normalized spacial score (nSPS) is 15.7. The molecule has 1 amide bonds. The van der Waals surface area contributed by atoms with Crippen LogP contribution in [0.3, 0.4) is 0 Å². The van der Waals surface area contributed by atoms with E-state index in [1.165, 1.54) is 12.1 Å². The molecule has 0 aliphatic carbocycles. The molecule has 0 spiro atoms. The van der Waals surface area contributed by atoms with E-state index in [0.29, 0.717) is 18.3 Å². The Labute approximate surface area is 162 Å². The molecule has 1 aliphatic heterocycles. The van der Waals surface area contributed by atoms with Crippen LogP contribution in [0, 0.1) is 5.92 Å². The second-order valence-electron chi connectivity index (χ2n) is 6.77. The highest BCUT2D eigenvalue weighted by Gasteiger charge is 2.22. The van der Waals surface area contributed by atoms with Crippen molar-refractivity contribution in [2.75, 3.05) is 39.8 Å². The van der Waals surface area contributed by atoms with E-state index < -0.39 is 10.0 Å². The number of piperidine rings is 1. The van der Waals surface area contributed by atoms with Crippen molar-refractivity contribution in [1.29, 1.82) is 0 Å². The molecule has 1 saturated heterocycles. The van der Waals surface area contributed by atoms with Crippen molar-refractivity contribution < 1.29 is 17.9 Å². The summed E-state index contributed by atoms with van der Waals surface area (Å²) in [6.07, 6.45) is 3.36. The number of sulfonamides is 1. The molecule has 7 nitrogen and oxygen atoms in total. The van der Waals surface area contributed by atoms with Crippen molar-refractivity contribution >= 4 is 15.9 Å². The largest absolute Gasteiger partial charge is 0.494 e. The number of nitrogens with one attached hydrogen (secondary N) is 2. The van der Waals surface area contributed by atoms with Crippen LogP contribution >= 0.6 is 0 Å². The van der Waals surface area contributed by atoms with Crippen LogP contribution in [0.4, 0.5) is 0 Å². The first-order valence-corrected chi connectivity index (χ1v) is 11.1. The Morgan fingerprint density at radius 3 is 2.44 bits per heavy atom. The first kappa shape index (κ1) is 21.7. The second-order valence-corrected chi connectivity index (χ2v) is 8.54. The fourth-order valence-electron chi connectivity index (χ4n) is 3.23. The zero-order chi connectivity index (χ0) is 19.7. The van der Waals surface area contributed by atoms with Crippen molar-refractivity contribution in [1.82, 2.24) is 14.9 Å². The maximum atomic E-state index is 12.3. The standard InChI is InChI=1S/C19H31N3O4S/c1-3-26-17-4-6-18(7-5-17)27(24,25)21-13-9-19(23)22-14-10-16(11-15-22)8-12-20-2/h4-7,16,20-21H,3,8-15H2,1-2H3. The van der Waals surface area contributed by atoms with E-state index in [4.69, 9.17) is 4.74 Å². The third-order valence-electron chi connectivity index (χ3n) is 4.85. The van der Waals surface area contributed by atoms with Gasteiger partial charge in [-0.2, -0.15) is 0 Å². The summed E-state index contributed by atoms with van der Waals surface area (Å²) in [4.78, 5) is 14.3. The van der Waals surface area contributed by atoms with Crippen molar-refractivity contribution in [2.24, 2.45) is 5.92 Å². The minimum atomic E-state index is -3.62. The first-order chi connectivity index (χ1) is 13.0. The van der Waals surface area contributed by atoms with Crippen molar-refractivity contribution in [3.05, 3.63) is 24.3 Å². The minimum Gasteiger partial charge on any atom is -0.494 e. The van der Waals surface area contributed by atoms with Crippen LogP contribution in [0.5, 0.6) is 5.75 Å². The second kappa shape index (κ2) is 10.6. The third-order valence-corrected chi connectivity index (χ3v) is 6.32. The van der Waals surface area contributed by atoms with Crippen LogP contribution in [-0.2, 0) is 14.8 Å². The summed E-state index contributed by atoms with van der Waals surface area (Å²) in [5.74, 6) is 1.31. The van der Waals surface area contributed by atoms with Gasteiger partial charge >= 0.3 is 0 Å². The fraction of sp³-hybridized carbons (Fsp3) is 0.632. The number of nitrogens with zero attached hydrogens (tertiary/aromatic N) is 1. The monoisotopic (exact) mass is 397 g/mol. The third kappa shape index (κ3) is 6.79. The Morgan fingerprint density at radius 1 is 1.19 bits per heavy atom. The summed E-state index contributed by atoms with van der Waals surface area (Å²) in [5, 5.41) is 3.16. The number of carbonyl (C=O) groups is 1. The molecule has 27 heavy (non-hydrogen) atoms. The molecule has 1 aliphatic rings. The summed E-state index contributed by atoms with van der Waals surface area (Å²) >= 11 is 0. The zero-order valence-electron chi connectivity index (χ0n) is 16.2. The Bertz CT molecular complexity index is 683. The van der Waals surface area contributed by atoms with Crippen LogP contribution in [0.15, 0.2) is 29.2 Å². The molecule has 0 atom stereocenters. The Hall–Kier alpha value is -1.64. The number of amides is 1. The van der Waals surface area contributed by atoms with Gasteiger partial charge < -0.3 is 15.0 Å². The fourth-order valence-corrected chi connectivity index (χ4v) is 4.27. The van der Waals surface area contributed by atoms with E-state index in [0.717, 1.165) is 38.9 Å². The predicted octanol–water partition coefficient (Wildman–Crippen LogP) is 1.60. The number of hydrogen-bond acceptors (Lipinski definition) is 5. The van der Waals surface area contributed by atoms with Crippen LogP contribution in [0.2, 0.25) is 0 Å². The maximum absolute atomic E-state index is 12.3. The van der Waals surface area contributed by atoms with Gasteiger partial charge in [-0.25, -0.2) is 13.1 Å². The lowest BCUT2D eigenvalue weighted by atomic mass is 9.93. The van der Waals surface area contributed by atoms with Gasteiger partial charge in [-0.05, 0) is 70.0 Å². The van der Waals surface area contributed by atoms with Crippen LogP contribution in [0.1, 0.15) is 32.6 Å². The molecule has 0 saturated carbocycles. The molecule has 8 heteroatoms. The van der Waals surface area contributed by atoms with E-state index in [1.807, 2.05) is 18.9 Å². The van der Waals surface area contributed by atoms with E-state index in [2.05, 4.69) is 10.0 Å². The smallest absolute Gasteiger partial charge is 0.240 e. The highest BCUT2D eigenvalue weighted by atomic mass is 32.2. The molecular weight excluding hydrogens is 366 g/mol. The van der Waals surface area contributed by atoms with E-state index in [9.17, 15) is 13.2 Å². The summed E-state index contributed by atoms with van der Waals surface area (Å²) in [6.45, 7) is 5.03. The van der Waals surface area contributed by atoms with Gasteiger partial charge in [-0.1, -0.05) is 0 Å². The Morgan fingerprint density at radius 2 is 1.85 bits per heavy atom. The van der Waals surface area contributed by atoms with E-state index >= 15 is 0 Å². The number of ether oxygens (including phenoxy) is 1. The van der Waals surface area contributed by atoms with Gasteiger partial charge in [0.1, 0.15) is 5.75 Å².